The lowest BCUT2D eigenvalue weighted by molar-refractivity contribution is 0.0728. The number of nitrogens with one attached hydrogen (secondary N) is 1. The van der Waals surface area contributed by atoms with E-state index in [1.807, 2.05) is 18.2 Å². The molecule has 4 rings (SSSR count). The molecule has 3 aromatic rings. The van der Waals surface area contributed by atoms with E-state index in [1.54, 1.807) is 4.90 Å². The summed E-state index contributed by atoms with van der Waals surface area (Å²) in [6.45, 7) is 1.04. The number of benzene rings is 2. The number of hydrogen-bond acceptors (Lipinski definition) is 3. The molecule has 1 N–H and O–H groups in total. The van der Waals surface area contributed by atoms with Crippen LogP contribution in [-0.2, 0) is 13.0 Å². The van der Waals surface area contributed by atoms with E-state index in [4.69, 9.17) is 0 Å². The normalized spacial score (nSPS) is 13.0. The second kappa shape index (κ2) is 7.79. The number of carbonyl (C=O) groups excluding carboxylic acids is 2. The first-order chi connectivity index (χ1) is 14.0. The Morgan fingerprint density at radius 2 is 1.79 bits per heavy atom. The fourth-order valence-corrected chi connectivity index (χ4v) is 3.31. The quantitative estimate of drug-likeness (QED) is 0.736. The Balaban J connectivity index is 1.51. The first-order valence-corrected chi connectivity index (χ1v) is 9.10. The summed E-state index contributed by atoms with van der Waals surface area (Å²) in [7, 11) is 0. The van der Waals surface area contributed by atoms with Gasteiger partial charge >= 0.3 is 0 Å². The zero-order chi connectivity index (χ0) is 20.4. The number of rotatable bonds is 3. The smallest absolute Gasteiger partial charge is 0.272 e. The van der Waals surface area contributed by atoms with E-state index in [-0.39, 0.29) is 22.9 Å². The fourth-order valence-electron chi connectivity index (χ4n) is 3.31. The van der Waals surface area contributed by atoms with Crippen LogP contribution in [0.3, 0.4) is 0 Å². The molecule has 2 amide bonds. The van der Waals surface area contributed by atoms with Gasteiger partial charge in [0.05, 0.1) is 5.69 Å². The third kappa shape index (κ3) is 3.99. The van der Waals surface area contributed by atoms with Gasteiger partial charge in [0.1, 0.15) is 17.3 Å². The van der Waals surface area contributed by atoms with E-state index >= 15 is 0 Å². The molecule has 29 heavy (non-hydrogen) atoms. The molecule has 0 saturated heterocycles. The SMILES string of the molecule is O=C(Nc1ccc(F)cc1F)c1ccnc(C(=O)N2CCc3ccccc3C2)c1. The maximum absolute atomic E-state index is 13.8. The van der Waals surface area contributed by atoms with E-state index in [0.29, 0.717) is 19.2 Å². The van der Waals surface area contributed by atoms with Crippen LogP contribution in [0.2, 0.25) is 0 Å². The average Bonchev–Trinajstić information content (AvgIpc) is 2.75. The van der Waals surface area contributed by atoms with Crippen molar-refractivity contribution < 1.29 is 18.4 Å². The van der Waals surface area contributed by atoms with Gasteiger partial charge in [-0.25, -0.2) is 8.78 Å². The topological polar surface area (TPSA) is 62.3 Å². The summed E-state index contributed by atoms with van der Waals surface area (Å²) in [5, 5.41) is 2.38. The molecule has 0 saturated carbocycles. The van der Waals surface area contributed by atoms with Gasteiger partial charge in [0.2, 0.25) is 0 Å². The van der Waals surface area contributed by atoms with E-state index in [9.17, 15) is 18.4 Å². The highest BCUT2D eigenvalue weighted by Crippen LogP contribution is 2.21. The number of carbonyl (C=O) groups is 2. The number of hydrogen-bond donors (Lipinski definition) is 1. The number of anilines is 1. The van der Waals surface area contributed by atoms with Gasteiger partial charge in [0.15, 0.2) is 0 Å². The molecule has 2 aromatic carbocycles. The van der Waals surface area contributed by atoms with Crippen molar-refractivity contribution in [2.24, 2.45) is 0 Å². The summed E-state index contributed by atoms with van der Waals surface area (Å²) < 4.78 is 26.8. The van der Waals surface area contributed by atoms with Gasteiger partial charge in [-0.1, -0.05) is 24.3 Å². The molecular formula is C22H17F2N3O2. The monoisotopic (exact) mass is 393 g/mol. The Hall–Kier alpha value is -3.61. The minimum absolute atomic E-state index is 0.136. The number of amides is 2. The van der Waals surface area contributed by atoms with Crippen LogP contribution in [0.4, 0.5) is 14.5 Å². The lowest BCUT2D eigenvalue weighted by atomic mass is 9.99. The van der Waals surface area contributed by atoms with Crippen LogP contribution < -0.4 is 5.32 Å². The Kier molecular flexibility index (Phi) is 5.03. The van der Waals surface area contributed by atoms with Crippen molar-refractivity contribution in [3.05, 3.63) is 94.8 Å². The maximum Gasteiger partial charge on any atom is 0.272 e. The Morgan fingerprint density at radius 3 is 2.59 bits per heavy atom. The third-order valence-electron chi connectivity index (χ3n) is 4.84. The van der Waals surface area contributed by atoms with Gasteiger partial charge in [-0.15, -0.1) is 0 Å². The summed E-state index contributed by atoms with van der Waals surface area (Å²) >= 11 is 0. The first-order valence-electron chi connectivity index (χ1n) is 9.10. The lowest BCUT2D eigenvalue weighted by Crippen LogP contribution is -2.36. The zero-order valence-electron chi connectivity index (χ0n) is 15.4. The minimum Gasteiger partial charge on any atom is -0.333 e. The summed E-state index contributed by atoms with van der Waals surface area (Å²) in [6, 6.07) is 13.6. The van der Waals surface area contributed by atoms with Gasteiger partial charge in [-0.05, 0) is 41.8 Å². The number of halogens is 2. The molecule has 1 aliphatic heterocycles. The number of pyridine rings is 1. The number of nitrogens with zero attached hydrogens (tertiary/aromatic N) is 2. The molecule has 7 heteroatoms. The molecule has 146 valence electrons. The van der Waals surface area contributed by atoms with Gasteiger partial charge < -0.3 is 10.2 Å². The molecule has 0 atom stereocenters. The first kappa shape index (κ1) is 18.7. The van der Waals surface area contributed by atoms with Crippen molar-refractivity contribution in [2.45, 2.75) is 13.0 Å². The Labute approximate surface area is 166 Å². The van der Waals surface area contributed by atoms with Crippen molar-refractivity contribution >= 4 is 17.5 Å². The molecule has 0 fully saturated rings. The standard InChI is InChI=1S/C22H17F2N3O2/c23-17-5-6-19(18(24)12-17)26-21(28)15-7-9-25-20(11-15)22(29)27-10-8-14-3-1-2-4-16(14)13-27/h1-7,9,11-12H,8,10,13H2,(H,26,28). The highest BCUT2D eigenvalue weighted by molar-refractivity contribution is 6.05. The van der Waals surface area contributed by atoms with Crippen molar-refractivity contribution in [1.29, 1.82) is 0 Å². The van der Waals surface area contributed by atoms with E-state index < -0.39 is 17.5 Å². The average molecular weight is 393 g/mol. The van der Waals surface area contributed by atoms with Crippen LogP contribution in [0.5, 0.6) is 0 Å². The van der Waals surface area contributed by atoms with Gasteiger partial charge in [0.25, 0.3) is 11.8 Å². The number of fused-ring (bicyclic) bond motifs is 1. The second-order valence-electron chi connectivity index (χ2n) is 6.75. The number of aromatic nitrogens is 1. The molecule has 0 bridgehead atoms. The molecule has 1 aromatic heterocycles. The lowest BCUT2D eigenvalue weighted by Gasteiger charge is -2.28. The van der Waals surface area contributed by atoms with Gasteiger partial charge in [0, 0.05) is 30.9 Å². The molecule has 5 nitrogen and oxygen atoms in total. The minimum atomic E-state index is -0.879. The largest absolute Gasteiger partial charge is 0.333 e. The van der Waals surface area contributed by atoms with Gasteiger partial charge in [-0.2, -0.15) is 0 Å². The van der Waals surface area contributed by atoms with E-state index in [2.05, 4.69) is 16.4 Å². The molecule has 0 radical (unpaired) electrons. The van der Waals surface area contributed by atoms with Crippen LogP contribution in [0.15, 0.2) is 60.8 Å². The summed E-state index contributed by atoms with van der Waals surface area (Å²) in [5.74, 6) is -2.51. The van der Waals surface area contributed by atoms with Crippen LogP contribution in [0, 0.1) is 11.6 Å². The predicted octanol–water partition coefficient (Wildman–Crippen LogP) is 3.81. The van der Waals surface area contributed by atoms with Crippen LogP contribution >= 0.6 is 0 Å². The summed E-state index contributed by atoms with van der Waals surface area (Å²) in [6.07, 6.45) is 2.12. The molecule has 1 aliphatic rings. The summed E-state index contributed by atoms with van der Waals surface area (Å²) in [5.41, 5.74) is 2.46. The molecule has 0 spiro atoms. The molecule has 0 unspecified atom stereocenters. The molecular weight excluding hydrogens is 376 g/mol. The predicted molar refractivity (Wildman–Crippen MR) is 103 cm³/mol. The van der Waals surface area contributed by atoms with Crippen molar-refractivity contribution in [3.63, 3.8) is 0 Å². The highest BCUT2D eigenvalue weighted by atomic mass is 19.1. The second-order valence-corrected chi connectivity index (χ2v) is 6.75. The van der Waals surface area contributed by atoms with E-state index in [0.717, 1.165) is 24.1 Å². The van der Waals surface area contributed by atoms with E-state index in [1.165, 1.54) is 23.9 Å². The summed E-state index contributed by atoms with van der Waals surface area (Å²) in [4.78, 5) is 31.1. The Bertz CT molecular complexity index is 1100. The Morgan fingerprint density at radius 1 is 1.00 bits per heavy atom. The maximum atomic E-state index is 13.8. The van der Waals surface area contributed by atoms with Crippen LogP contribution in [-0.4, -0.2) is 28.2 Å². The zero-order valence-corrected chi connectivity index (χ0v) is 15.4. The van der Waals surface area contributed by atoms with Crippen LogP contribution in [0.25, 0.3) is 0 Å². The van der Waals surface area contributed by atoms with Gasteiger partial charge in [-0.3, -0.25) is 14.6 Å². The van der Waals surface area contributed by atoms with Crippen LogP contribution in [0.1, 0.15) is 32.0 Å². The van der Waals surface area contributed by atoms with Crippen molar-refractivity contribution in [2.75, 3.05) is 11.9 Å². The van der Waals surface area contributed by atoms with Crippen molar-refractivity contribution in [3.8, 4) is 0 Å². The van der Waals surface area contributed by atoms with Crippen molar-refractivity contribution in [1.82, 2.24) is 9.88 Å². The molecule has 2 heterocycles. The molecule has 0 aliphatic carbocycles. The third-order valence-corrected chi connectivity index (χ3v) is 4.84. The fraction of sp³-hybridized carbons (Fsp3) is 0.136. The highest BCUT2D eigenvalue weighted by Gasteiger charge is 2.23.